The maximum absolute atomic E-state index is 13.0. The van der Waals surface area contributed by atoms with E-state index in [0.29, 0.717) is 26.8 Å². The summed E-state index contributed by atoms with van der Waals surface area (Å²) >= 11 is 13.8. The number of hydrogen-bond acceptors (Lipinski definition) is 5. The number of amides is 1. The number of likely N-dealkylation sites (tertiary alicyclic amines) is 1. The van der Waals surface area contributed by atoms with Crippen molar-refractivity contribution < 1.29 is 4.79 Å². The van der Waals surface area contributed by atoms with Crippen molar-refractivity contribution in [3.05, 3.63) is 52.8 Å². The van der Waals surface area contributed by atoms with Crippen LogP contribution in [0, 0.1) is 0 Å². The van der Waals surface area contributed by atoms with Crippen LogP contribution in [0.3, 0.4) is 0 Å². The third-order valence-corrected chi connectivity index (χ3v) is 7.19. The normalized spacial score (nSPS) is 18.9. The van der Waals surface area contributed by atoms with Gasteiger partial charge in [0.05, 0.1) is 21.5 Å². The summed E-state index contributed by atoms with van der Waals surface area (Å²) in [6.45, 7) is 4.25. The molecule has 0 spiro atoms. The second kappa shape index (κ2) is 9.59. The van der Waals surface area contributed by atoms with Crippen molar-refractivity contribution in [3.63, 3.8) is 0 Å². The predicted octanol–water partition coefficient (Wildman–Crippen LogP) is 5.52. The average molecular weight is 476 g/mol. The molecule has 9 heteroatoms. The van der Waals surface area contributed by atoms with E-state index in [1.54, 1.807) is 24.5 Å². The minimum absolute atomic E-state index is 0.124. The molecule has 1 aromatic carbocycles. The molecule has 31 heavy (non-hydrogen) atoms. The van der Waals surface area contributed by atoms with Crippen molar-refractivity contribution in [1.29, 1.82) is 0 Å². The minimum Gasteiger partial charge on any atom is -0.337 e. The van der Waals surface area contributed by atoms with Crippen molar-refractivity contribution in [2.75, 3.05) is 5.75 Å². The molecule has 4 rings (SSSR count). The Hall–Kier alpha value is -2.09. The topological polar surface area (TPSA) is 63.9 Å². The molecule has 1 aliphatic rings. The van der Waals surface area contributed by atoms with E-state index in [-0.39, 0.29) is 18.0 Å². The number of piperidine rings is 1. The summed E-state index contributed by atoms with van der Waals surface area (Å²) in [5.74, 6) is 1.07. The first kappa shape index (κ1) is 22.1. The molecule has 0 saturated carbocycles. The van der Waals surface area contributed by atoms with Crippen LogP contribution in [-0.4, -0.2) is 48.4 Å². The zero-order chi connectivity index (χ0) is 22.0. The quantitative estimate of drug-likeness (QED) is 0.454. The van der Waals surface area contributed by atoms with Gasteiger partial charge in [-0.1, -0.05) is 35.0 Å². The van der Waals surface area contributed by atoms with E-state index >= 15 is 0 Å². The lowest BCUT2D eigenvalue weighted by molar-refractivity contribution is -0.134. The number of carbonyl (C=O) groups excluding carboxylic acids is 1. The lowest BCUT2D eigenvalue weighted by atomic mass is 9.98. The van der Waals surface area contributed by atoms with Gasteiger partial charge < -0.3 is 4.90 Å². The van der Waals surface area contributed by atoms with Gasteiger partial charge in [-0.2, -0.15) is 0 Å². The van der Waals surface area contributed by atoms with Gasteiger partial charge in [0.15, 0.2) is 11.0 Å². The molecule has 0 radical (unpaired) electrons. The molecule has 1 aliphatic heterocycles. The van der Waals surface area contributed by atoms with Crippen LogP contribution in [0.5, 0.6) is 0 Å². The maximum atomic E-state index is 13.0. The van der Waals surface area contributed by atoms with Gasteiger partial charge in [-0.15, -0.1) is 10.2 Å². The minimum atomic E-state index is 0.124. The number of rotatable bonds is 5. The van der Waals surface area contributed by atoms with E-state index in [1.165, 1.54) is 18.2 Å². The van der Waals surface area contributed by atoms with Gasteiger partial charge in [-0.25, -0.2) is 0 Å². The molecule has 2 atom stereocenters. The van der Waals surface area contributed by atoms with E-state index in [1.807, 2.05) is 27.7 Å². The van der Waals surface area contributed by atoms with Crippen LogP contribution in [0.15, 0.2) is 47.9 Å². The molecule has 1 saturated heterocycles. The van der Waals surface area contributed by atoms with E-state index < -0.39 is 0 Å². The monoisotopic (exact) mass is 475 g/mol. The van der Waals surface area contributed by atoms with Crippen molar-refractivity contribution in [2.24, 2.45) is 0 Å². The van der Waals surface area contributed by atoms with Crippen LogP contribution in [0.25, 0.3) is 17.1 Å². The fourth-order valence-corrected chi connectivity index (χ4v) is 5.14. The zero-order valence-corrected chi connectivity index (χ0v) is 19.7. The van der Waals surface area contributed by atoms with Crippen LogP contribution in [-0.2, 0) is 4.79 Å². The van der Waals surface area contributed by atoms with Crippen LogP contribution in [0.2, 0.25) is 10.0 Å². The molecule has 3 heterocycles. The van der Waals surface area contributed by atoms with Crippen molar-refractivity contribution in [2.45, 2.75) is 50.4 Å². The van der Waals surface area contributed by atoms with Gasteiger partial charge in [-0.05, 0) is 63.4 Å². The summed E-state index contributed by atoms with van der Waals surface area (Å²) < 4.78 is 1.90. The Labute approximate surface area is 196 Å². The highest BCUT2D eigenvalue weighted by molar-refractivity contribution is 7.99. The highest BCUT2D eigenvalue weighted by Crippen LogP contribution is 2.32. The summed E-state index contributed by atoms with van der Waals surface area (Å²) in [6.07, 6.45) is 6.68. The summed E-state index contributed by atoms with van der Waals surface area (Å²) in [7, 11) is 0. The Kier molecular flexibility index (Phi) is 6.84. The fraction of sp³-hybridized carbons (Fsp3) is 0.364. The van der Waals surface area contributed by atoms with Crippen LogP contribution in [0.4, 0.5) is 0 Å². The first-order valence-electron chi connectivity index (χ1n) is 10.2. The summed E-state index contributed by atoms with van der Waals surface area (Å²) in [5, 5.41) is 10.3. The molecule has 3 aromatic rings. The standard InChI is InChI=1S/C22H23Cl2N5OS/c1-14-4-3-5-15(2)28(14)20(30)13-31-22-27-26-21(16-8-10-25-11-9-16)29(22)17-6-7-18(23)19(24)12-17/h6-12,14-15H,3-5,13H2,1-2H3/t14-,15+. The number of aromatic nitrogens is 4. The Morgan fingerprint density at radius 3 is 2.45 bits per heavy atom. The molecule has 0 bridgehead atoms. The smallest absolute Gasteiger partial charge is 0.233 e. The first-order valence-corrected chi connectivity index (χ1v) is 11.9. The summed E-state index contributed by atoms with van der Waals surface area (Å²) in [6, 6.07) is 9.64. The Morgan fingerprint density at radius 2 is 1.77 bits per heavy atom. The number of halogens is 2. The third-order valence-electron chi connectivity index (χ3n) is 5.54. The Morgan fingerprint density at radius 1 is 1.06 bits per heavy atom. The molecule has 1 fully saturated rings. The van der Waals surface area contributed by atoms with Crippen molar-refractivity contribution in [3.8, 4) is 17.1 Å². The molecule has 2 aromatic heterocycles. The molecule has 1 amide bonds. The van der Waals surface area contributed by atoms with Crippen LogP contribution in [0.1, 0.15) is 33.1 Å². The van der Waals surface area contributed by atoms with Crippen molar-refractivity contribution >= 4 is 40.9 Å². The number of hydrogen-bond donors (Lipinski definition) is 0. The number of thioether (sulfide) groups is 1. The lowest BCUT2D eigenvalue weighted by Crippen LogP contribution is -2.48. The van der Waals surface area contributed by atoms with Gasteiger partial charge in [0.1, 0.15) is 0 Å². The fourth-order valence-electron chi connectivity index (χ4n) is 4.02. The van der Waals surface area contributed by atoms with E-state index in [4.69, 9.17) is 23.2 Å². The van der Waals surface area contributed by atoms with E-state index in [0.717, 1.165) is 24.1 Å². The summed E-state index contributed by atoms with van der Waals surface area (Å²) in [5.41, 5.74) is 1.64. The molecular weight excluding hydrogens is 453 g/mol. The zero-order valence-electron chi connectivity index (χ0n) is 17.3. The Bertz CT molecular complexity index is 1070. The van der Waals surface area contributed by atoms with Crippen molar-refractivity contribution in [1.82, 2.24) is 24.6 Å². The van der Waals surface area contributed by atoms with E-state index in [2.05, 4.69) is 29.0 Å². The van der Waals surface area contributed by atoms with Crippen LogP contribution < -0.4 is 0 Å². The second-order valence-electron chi connectivity index (χ2n) is 7.69. The van der Waals surface area contributed by atoms with Gasteiger partial charge in [0.25, 0.3) is 0 Å². The van der Waals surface area contributed by atoms with Gasteiger partial charge >= 0.3 is 0 Å². The SMILES string of the molecule is C[C@@H]1CCC[C@H](C)N1C(=O)CSc1nnc(-c2ccncc2)n1-c1ccc(Cl)c(Cl)c1. The highest BCUT2D eigenvalue weighted by Gasteiger charge is 2.29. The number of benzene rings is 1. The van der Waals surface area contributed by atoms with Gasteiger partial charge in [-0.3, -0.25) is 14.3 Å². The van der Waals surface area contributed by atoms with E-state index in [9.17, 15) is 4.79 Å². The Balaban J connectivity index is 1.65. The lowest BCUT2D eigenvalue weighted by Gasteiger charge is -2.39. The molecule has 0 unspecified atom stereocenters. The third kappa shape index (κ3) is 4.73. The molecule has 6 nitrogen and oxygen atoms in total. The molecule has 162 valence electrons. The largest absolute Gasteiger partial charge is 0.337 e. The van der Waals surface area contributed by atoms with Crippen LogP contribution >= 0.6 is 35.0 Å². The second-order valence-corrected chi connectivity index (χ2v) is 9.45. The van der Waals surface area contributed by atoms with Gasteiger partial charge in [0.2, 0.25) is 5.91 Å². The first-order chi connectivity index (χ1) is 15.0. The molecule has 0 N–H and O–H groups in total. The number of carbonyl (C=O) groups is 1. The molecular formula is C22H23Cl2N5OS. The average Bonchev–Trinajstić information content (AvgIpc) is 3.18. The van der Waals surface area contributed by atoms with Gasteiger partial charge in [0, 0.05) is 30.0 Å². The predicted molar refractivity (Wildman–Crippen MR) is 125 cm³/mol. The maximum Gasteiger partial charge on any atom is 0.233 e. The summed E-state index contributed by atoms with van der Waals surface area (Å²) in [4.78, 5) is 19.1. The highest BCUT2D eigenvalue weighted by atomic mass is 35.5. The number of nitrogens with zero attached hydrogens (tertiary/aromatic N) is 5. The molecule has 0 aliphatic carbocycles. The number of pyridine rings is 1.